The minimum atomic E-state index is -0.503. The molecule has 0 saturated carbocycles. The van der Waals surface area contributed by atoms with Crippen molar-refractivity contribution in [2.45, 2.75) is 24.9 Å². The molecule has 0 aliphatic rings. The molecule has 0 fully saturated rings. The predicted octanol–water partition coefficient (Wildman–Crippen LogP) is 0.787. The third-order valence-electron chi connectivity index (χ3n) is 2.86. The van der Waals surface area contributed by atoms with E-state index >= 15 is 0 Å². The third kappa shape index (κ3) is 6.09. The number of hydrogen-bond acceptors (Lipinski definition) is 4. The average molecular weight is 282 g/mol. The summed E-state index contributed by atoms with van der Waals surface area (Å²) >= 11 is 1.67. The molecule has 1 amide bonds. The summed E-state index contributed by atoms with van der Waals surface area (Å²) in [4.78, 5) is 11.9. The Hall–Kier alpha value is -1.04. The Bertz CT molecular complexity index is 373. The lowest BCUT2D eigenvalue weighted by molar-refractivity contribution is -0.123. The van der Waals surface area contributed by atoms with Crippen molar-refractivity contribution in [2.75, 3.05) is 18.6 Å². The molecule has 1 aromatic rings. The zero-order valence-electron chi connectivity index (χ0n) is 11.2. The van der Waals surface area contributed by atoms with E-state index in [4.69, 9.17) is 5.73 Å². The van der Waals surface area contributed by atoms with E-state index in [-0.39, 0.29) is 18.6 Å². The van der Waals surface area contributed by atoms with Crippen LogP contribution < -0.4 is 11.1 Å². The van der Waals surface area contributed by atoms with E-state index in [0.29, 0.717) is 12.8 Å². The molecule has 19 heavy (non-hydrogen) atoms. The number of benzene rings is 1. The SMILES string of the molecule is CSCC[C@H](N)C(=O)N[C@@H](CO)Cc1ccccc1. The minimum absolute atomic E-state index is 0.0874. The highest BCUT2D eigenvalue weighted by Gasteiger charge is 2.17. The number of thioether (sulfide) groups is 1. The molecule has 106 valence electrons. The summed E-state index contributed by atoms with van der Waals surface area (Å²) in [5.74, 6) is 0.667. The van der Waals surface area contributed by atoms with Gasteiger partial charge in [0.1, 0.15) is 0 Å². The number of carbonyl (C=O) groups excluding carboxylic acids is 1. The number of nitrogens with one attached hydrogen (secondary N) is 1. The highest BCUT2D eigenvalue weighted by molar-refractivity contribution is 7.98. The summed E-state index contributed by atoms with van der Waals surface area (Å²) in [7, 11) is 0. The van der Waals surface area contributed by atoms with Crippen LogP contribution in [0.3, 0.4) is 0 Å². The number of aliphatic hydroxyl groups is 1. The molecule has 5 heteroatoms. The van der Waals surface area contributed by atoms with Gasteiger partial charge in [-0.15, -0.1) is 0 Å². The number of amides is 1. The van der Waals surface area contributed by atoms with Gasteiger partial charge in [0.25, 0.3) is 0 Å². The van der Waals surface area contributed by atoms with Crippen LogP contribution in [0.2, 0.25) is 0 Å². The van der Waals surface area contributed by atoms with Crippen LogP contribution in [0, 0.1) is 0 Å². The van der Waals surface area contributed by atoms with Gasteiger partial charge in [-0.05, 0) is 30.4 Å². The van der Waals surface area contributed by atoms with Crippen LogP contribution in [0.5, 0.6) is 0 Å². The predicted molar refractivity (Wildman–Crippen MR) is 80.1 cm³/mol. The van der Waals surface area contributed by atoms with E-state index in [9.17, 15) is 9.90 Å². The maximum atomic E-state index is 11.9. The van der Waals surface area contributed by atoms with Crippen LogP contribution in [-0.2, 0) is 11.2 Å². The number of aliphatic hydroxyl groups excluding tert-OH is 1. The Balaban J connectivity index is 2.45. The van der Waals surface area contributed by atoms with E-state index in [1.54, 1.807) is 11.8 Å². The van der Waals surface area contributed by atoms with E-state index < -0.39 is 6.04 Å². The van der Waals surface area contributed by atoms with Gasteiger partial charge in [0.05, 0.1) is 18.7 Å². The zero-order valence-corrected chi connectivity index (χ0v) is 12.0. The average Bonchev–Trinajstić information content (AvgIpc) is 2.44. The number of hydrogen-bond donors (Lipinski definition) is 3. The second kappa shape index (κ2) is 8.96. The van der Waals surface area contributed by atoms with E-state index in [0.717, 1.165) is 11.3 Å². The highest BCUT2D eigenvalue weighted by Crippen LogP contribution is 2.04. The van der Waals surface area contributed by atoms with Crippen LogP contribution in [0.15, 0.2) is 30.3 Å². The van der Waals surface area contributed by atoms with E-state index in [2.05, 4.69) is 5.32 Å². The van der Waals surface area contributed by atoms with Crippen molar-refractivity contribution in [1.29, 1.82) is 0 Å². The first kappa shape index (κ1) is 16.0. The summed E-state index contributed by atoms with van der Waals surface area (Å²) < 4.78 is 0. The van der Waals surface area contributed by atoms with Crippen LogP contribution in [0.1, 0.15) is 12.0 Å². The first-order valence-electron chi connectivity index (χ1n) is 6.37. The molecule has 4 nitrogen and oxygen atoms in total. The van der Waals surface area contributed by atoms with Gasteiger partial charge in [-0.1, -0.05) is 30.3 Å². The molecular formula is C14H22N2O2S. The zero-order chi connectivity index (χ0) is 14.1. The Kier molecular flexibility index (Phi) is 7.55. The van der Waals surface area contributed by atoms with Crippen molar-refractivity contribution >= 4 is 17.7 Å². The van der Waals surface area contributed by atoms with Gasteiger partial charge in [0.15, 0.2) is 0 Å². The number of rotatable bonds is 8. The van der Waals surface area contributed by atoms with Crippen LogP contribution in [0.4, 0.5) is 0 Å². The standard InChI is InChI=1S/C14H22N2O2S/c1-19-8-7-13(15)14(18)16-12(10-17)9-11-5-3-2-4-6-11/h2-6,12-13,17H,7-10,15H2,1H3,(H,16,18)/t12-,13+/m1/s1. The molecule has 0 unspecified atom stereocenters. The van der Waals surface area contributed by atoms with Gasteiger partial charge in [-0.25, -0.2) is 0 Å². The topological polar surface area (TPSA) is 75.4 Å². The molecule has 0 aromatic heterocycles. The van der Waals surface area contributed by atoms with Gasteiger partial charge in [-0.2, -0.15) is 11.8 Å². The van der Waals surface area contributed by atoms with Gasteiger partial charge >= 0.3 is 0 Å². The lowest BCUT2D eigenvalue weighted by Gasteiger charge is -2.19. The molecule has 0 radical (unpaired) electrons. The Morgan fingerprint density at radius 1 is 1.42 bits per heavy atom. The molecule has 1 aromatic carbocycles. The van der Waals surface area contributed by atoms with Gasteiger partial charge in [0, 0.05) is 0 Å². The maximum absolute atomic E-state index is 11.9. The molecule has 0 saturated heterocycles. The molecule has 0 spiro atoms. The Morgan fingerprint density at radius 3 is 2.68 bits per heavy atom. The molecule has 0 heterocycles. The molecule has 0 bridgehead atoms. The normalized spacial score (nSPS) is 13.8. The lowest BCUT2D eigenvalue weighted by Crippen LogP contribution is -2.47. The van der Waals surface area contributed by atoms with E-state index in [1.165, 1.54) is 0 Å². The van der Waals surface area contributed by atoms with Crippen LogP contribution in [0.25, 0.3) is 0 Å². The van der Waals surface area contributed by atoms with Crippen LogP contribution in [-0.4, -0.2) is 41.7 Å². The fourth-order valence-corrected chi connectivity index (χ4v) is 2.23. The lowest BCUT2D eigenvalue weighted by atomic mass is 10.1. The highest BCUT2D eigenvalue weighted by atomic mass is 32.2. The second-order valence-corrected chi connectivity index (χ2v) is 5.45. The quantitative estimate of drug-likeness (QED) is 0.659. The Labute approximate surface area is 118 Å². The summed E-state index contributed by atoms with van der Waals surface area (Å²) in [6, 6.07) is 8.98. The maximum Gasteiger partial charge on any atom is 0.237 e. The number of carbonyl (C=O) groups is 1. The van der Waals surface area contributed by atoms with Crippen LogP contribution >= 0.6 is 11.8 Å². The summed E-state index contributed by atoms with van der Waals surface area (Å²) in [5.41, 5.74) is 6.88. The monoisotopic (exact) mass is 282 g/mol. The first-order valence-corrected chi connectivity index (χ1v) is 7.76. The van der Waals surface area contributed by atoms with Crippen molar-refractivity contribution in [3.05, 3.63) is 35.9 Å². The van der Waals surface area contributed by atoms with Crippen molar-refractivity contribution in [3.63, 3.8) is 0 Å². The summed E-state index contributed by atoms with van der Waals surface area (Å²) in [6.07, 6.45) is 3.24. The van der Waals surface area contributed by atoms with Gasteiger partial charge in [0.2, 0.25) is 5.91 Å². The third-order valence-corrected chi connectivity index (χ3v) is 3.51. The smallest absolute Gasteiger partial charge is 0.237 e. The second-order valence-electron chi connectivity index (χ2n) is 4.47. The number of nitrogens with two attached hydrogens (primary N) is 1. The van der Waals surface area contributed by atoms with E-state index in [1.807, 2.05) is 36.6 Å². The van der Waals surface area contributed by atoms with Crippen molar-refractivity contribution in [1.82, 2.24) is 5.32 Å². The first-order chi connectivity index (χ1) is 9.17. The Morgan fingerprint density at radius 2 is 2.11 bits per heavy atom. The molecular weight excluding hydrogens is 260 g/mol. The van der Waals surface area contributed by atoms with Crippen molar-refractivity contribution in [3.8, 4) is 0 Å². The van der Waals surface area contributed by atoms with Crippen molar-refractivity contribution in [2.24, 2.45) is 5.73 Å². The fourth-order valence-electron chi connectivity index (χ4n) is 1.74. The fraction of sp³-hybridized carbons (Fsp3) is 0.500. The van der Waals surface area contributed by atoms with Gasteiger partial charge < -0.3 is 16.2 Å². The molecule has 0 aliphatic carbocycles. The minimum Gasteiger partial charge on any atom is -0.394 e. The summed E-state index contributed by atoms with van der Waals surface area (Å²) in [5, 5.41) is 12.1. The van der Waals surface area contributed by atoms with Crippen molar-refractivity contribution < 1.29 is 9.90 Å². The largest absolute Gasteiger partial charge is 0.394 e. The summed E-state index contributed by atoms with van der Waals surface area (Å²) in [6.45, 7) is -0.0874. The molecule has 2 atom stereocenters. The molecule has 1 rings (SSSR count). The van der Waals surface area contributed by atoms with Gasteiger partial charge in [-0.3, -0.25) is 4.79 Å². The molecule has 0 aliphatic heterocycles. The molecule has 4 N–H and O–H groups in total.